The Balaban J connectivity index is 1.88. The van der Waals surface area contributed by atoms with Gasteiger partial charge in [0, 0.05) is 12.5 Å². The van der Waals surface area contributed by atoms with E-state index >= 15 is 0 Å². The van der Waals surface area contributed by atoms with E-state index in [0.29, 0.717) is 6.54 Å². The summed E-state index contributed by atoms with van der Waals surface area (Å²) in [5.41, 5.74) is 5.33. The van der Waals surface area contributed by atoms with Crippen LogP contribution in [0.2, 0.25) is 0 Å². The molecule has 0 aliphatic carbocycles. The Hall–Kier alpha value is -1.18. The van der Waals surface area contributed by atoms with Crippen molar-refractivity contribution in [3.63, 3.8) is 0 Å². The van der Waals surface area contributed by atoms with E-state index in [4.69, 9.17) is 11.6 Å². The first-order valence-electron chi connectivity index (χ1n) is 8.23. The Morgan fingerprint density at radius 1 is 1.09 bits per heavy atom. The second-order valence-corrected chi connectivity index (χ2v) is 5.95. The maximum atomic E-state index is 11.1. The summed E-state index contributed by atoms with van der Waals surface area (Å²) >= 11 is 0. The average Bonchev–Trinajstić information content (AvgIpc) is 2.50. The largest absolute Gasteiger partial charge is 0.369 e. The minimum absolute atomic E-state index is 0.0769. The maximum absolute atomic E-state index is 11.1. The molecule has 0 atom stereocenters. The first-order valence-corrected chi connectivity index (χ1v) is 8.23. The molecule has 1 aliphatic rings. The minimum Gasteiger partial charge on any atom is -0.369 e. The molecule has 7 heteroatoms. The molecule has 0 aromatic rings. The summed E-state index contributed by atoms with van der Waals surface area (Å²) in [6.07, 6.45) is 7.49. The summed E-state index contributed by atoms with van der Waals surface area (Å²) in [5.74, 6) is 4.58. The van der Waals surface area contributed by atoms with Crippen LogP contribution in [-0.4, -0.2) is 49.5 Å². The lowest BCUT2D eigenvalue weighted by Crippen LogP contribution is -2.38. The molecular weight excluding hydrogens is 284 g/mol. The van der Waals surface area contributed by atoms with Gasteiger partial charge in [0.15, 0.2) is 0 Å². The zero-order valence-corrected chi connectivity index (χ0v) is 13.4. The van der Waals surface area contributed by atoms with Crippen molar-refractivity contribution in [2.45, 2.75) is 44.9 Å². The predicted molar refractivity (Wildman–Crippen MR) is 84.6 cm³/mol. The van der Waals surface area contributed by atoms with Gasteiger partial charge in [-0.05, 0) is 45.3 Å². The third-order valence-electron chi connectivity index (χ3n) is 4.18. The molecule has 0 spiro atoms. The molecule has 1 heterocycles. The molecule has 0 aromatic carbocycles. The third kappa shape index (κ3) is 8.31. The van der Waals surface area contributed by atoms with Crippen LogP contribution in [-0.2, 0) is 14.4 Å². The molecule has 1 rings (SSSR count). The number of nitrogens with zero attached hydrogens (tertiary/aromatic N) is 1. The van der Waals surface area contributed by atoms with Gasteiger partial charge in [-0.15, -0.1) is 0 Å². The maximum Gasteiger partial charge on any atom is 0.248 e. The number of nitrogens with one attached hydrogen (secondary N) is 1. The quantitative estimate of drug-likeness (QED) is 0.371. The smallest absolute Gasteiger partial charge is 0.248 e. The highest BCUT2D eigenvalue weighted by Crippen LogP contribution is 2.17. The highest BCUT2D eigenvalue weighted by molar-refractivity contribution is 5.77. The number of hydrogen-bond acceptors (Lipinski definition) is 5. The van der Waals surface area contributed by atoms with Gasteiger partial charge in [0.05, 0.1) is 0 Å². The van der Waals surface area contributed by atoms with Gasteiger partial charge in [0.2, 0.25) is 11.8 Å². The third-order valence-corrected chi connectivity index (χ3v) is 4.18. The van der Waals surface area contributed by atoms with Crippen LogP contribution >= 0.6 is 0 Å². The van der Waals surface area contributed by atoms with Gasteiger partial charge in [-0.2, -0.15) is 0 Å². The molecule has 1 saturated heterocycles. The summed E-state index contributed by atoms with van der Waals surface area (Å²) < 4.78 is 0. The molecule has 7 nitrogen and oxygen atoms in total. The molecule has 5 N–H and O–H groups in total. The summed E-state index contributed by atoms with van der Waals surface area (Å²) in [4.78, 5) is 28.8. The normalized spacial score (nSPS) is 16.6. The van der Waals surface area contributed by atoms with Gasteiger partial charge in [-0.25, -0.2) is 5.90 Å². The zero-order chi connectivity index (χ0) is 16.2. The van der Waals surface area contributed by atoms with E-state index in [2.05, 4.69) is 15.1 Å². The van der Waals surface area contributed by atoms with Gasteiger partial charge < -0.3 is 16.0 Å². The number of unbranched alkanes of at least 4 members (excludes halogenated alkanes) is 4. The highest BCUT2D eigenvalue weighted by Gasteiger charge is 2.22. The number of carbonyl (C=O) groups is 2. The summed E-state index contributed by atoms with van der Waals surface area (Å²) in [6, 6.07) is 0. The second-order valence-electron chi connectivity index (χ2n) is 5.95. The molecule has 0 bridgehead atoms. The summed E-state index contributed by atoms with van der Waals surface area (Å²) in [7, 11) is 0. The standard InChI is InChI=1S/C15H30N4O3/c16-15(21)13-6-10-19(11-7-13)9-5-3-1-2-4-8-18-14(20)12-22-17/h13H,1-12,17H2,(H2,16,21)(H,18,20). The number of piperidine rings is 1. The zero-order valence-electron chi connectivity index (χ0n) is 13.4. The molecule has 0 aromatic heterocycles. The molecule has 2 amide bonds. The topological polar surface area (TPSA) is 111 Å². The van der Waals surface area contributed by atoms with Gasteiger partial charge in [-0.3, -0.25) is 14.4 Å². The van der Waals surface area contributed by atoms with Crippen molar-refractivity contribution in [2.24, 2.45) is 17.5 Å². The van der Waals surface area contributed by atoms with Crippen LogP contribution in [0.4, 0.5) is 0 Å². The number of nitrogens with two attached hydrogens (primary N) is 2. The van der Waals surface area contributed by atoms with E-state index in [1.165, 1.54) is 19.3 Å². The lowest BCUT2D eigenvalue weighted by Gasteiger charge is -2.30. The Labute approximate surface area is 132 Å². The van der Waals surface area contributed by atoms with Gasteiger partial charge >= 0.3 is 0 Å². The molecule has 0 saturated carbocycles. The van der Waals surface area contributed by atoms with E-state index in [9.17, 15) is 9.59 Å². The lowest BCUT2D eigenvalue weighted by molar-refractivity contribution is -0.126. The van der Waals surface area contributed by atoms with E-state index in [1.54, 1.807) is 0 Å². The van der Waals surface area contributed by atoms with Crippen molar-refractivity contribution in [3.05, 3.63) is 0 Å². The van der Waals surface area contributed by atoms with E-state index in [1.807, 2.05) is 0 Å². The fourth-order valence-corrected chi connectivity index (χ4v) is 2.79. The lowest BCUT2D eigenvalue weighted by atomic mass is 9.96. The van der Waals surface area contributed by atoms with Crippen LogP contribution < -0.4 is 16.9 Å². The van der Waals surface area contributed by atoms with Crippen LogP contribution in [0.1, 0.15) is 44.9 Å². The van der Waals surface area contributed by atoms with Crippen molar-refractivity contribution in [2.75, 3.05) is 32.8 Å². The number of carbonyl (C=O) groups excluding carboxylic acids is 2. The van der Waals surface area contributed by atoms with Crippen LogP contribution in [0.5, 0.6) is 0 Å². The van der Waals surface area contributed by atoms with E-state index < -0.39 is 0 Å². The molecule has 128 valence electrons. The number of likely N-dealkylation sites (tertiary alicyclic amines) is 1. The Kier molecular flexibility index (Phi) is 9.77. The van der Waals surface area contributed by atoms with Gasteiger partial charge in [-0.1, -0.05) is 19.3 Å². The highest BCUT2D eigenvalue weighted by atomic mass is 16.6. The van der Waals surface area contributed by atoms with Crippen LogP contribution in [0.25, 0.3) is 0 Å². The molecule has 1 aliphatic heterocycles. The van der Waals surface area contributed by atoms with Crippen LogP contribution in [0.3, 0.4) is 0 Å². The van der Waals surface area contributed by atoms with Gasteiger partial charge in [0.1, 0.15) is 6.61 Å². The molecule has 0 radical (unpaired) electrons. The fourth-order valence-electron chi connectivity index (χ4n) is 2.79. The summed E-state index contributed by atoms with van der Waals surface area (Å²) in [6.45, 7) is 3.69. The van der Waals surface area contributed by atoms with E-state index in [0.717, 1.165) is 45.3 Å². The van der Waals surface area contributed by atoms with Crippen molar-refractivity contribution in [1.29, 1.82) is 0 Å². The number of primary amides is 1. The van der Waals surface area contributed by atoms with Gasteiger partial charge in [0.25, 0.3) is 0 Å². The molecule has 1 fully saturated rings. The monoisotopic (exact) mass is 314 g/mol. The molecule has 22 heavy (non-hydrogen) atoms. The number of amides is 2. The predicted octanol–water partition coefficient (Wildman–Crippen LogP) is 0.141. The van der Waals surface area contributed by atoms with Crippen LogP contribution in [0, 0.1) is 5.92 Å². The van der Waals surface area contributed by atoms with Crippen molar-refractivity contribution >= 4 is 11.8 Å². The van der Waals surface area contributed by atoms with Crippen molar-refractivity contribution in [3.8, 4) is 0 Å². The fraction of sp³-hybridized carbons (Fsp3) is 0.867. The minimum atomic E-state index is -0.165. The molecule has 0 unspecified atom stereocenters. The van der Waals surface area contributed by atoms with E-state index in [-0.39, 0.29) is 24.3 Å². The second kappa shape index (κ2) is 11.4. The van der Waals surface area contributed by atoms with Crippen molar-refractivity contribution < 1.29 is 14.4 Å². The number of hydrogen-bond donors (Lipinski definition) is 3. The average molecular weight is 314 g/mol. The summed E-state index contributed by atoms with van der Waals surface area (Å²) in [5, 5.41) is 2.75. The first-order chi connectivity index (χ1) is 10.6. The first kappa shape index (κ1) is 18.9. The Bertz CT molecular complexity index is 331. The SMILES string of the molecule is NOCC(=O)NCCCCCCCN1CCC(C(N)=O)CC1. The van der Waals surface area contributed by atoms with Crippen molar-refractivity contribution in [1.82, 2.24) is 10.2 Å². The molecular formula is C15H30N4O3. The Morgan fingerprint density at radius 3 is 2.36 bits per heavy atom. The Morgan fingerprint density at radius 2 is 1.73 bits per heavy atom. The van der Waals surface area contributed by atoms with Crippen LogP contribution in [0.15, 0.2) is 0 Å². The number of rotatable bonds is 11.